The highest BCUT2D eigenvalue weighted by Crippen LogP contribution is 2.23. The van der Waals surface area contributed by atoms with Gasteiger partial charge in [0.2, 0.25) is 11.8 Å². The molecule has 1 heterocycles. The van der Waals surface area contributed by atoms with E-state index in [4.69, 9.17) is 15.6 Å². The summed E-state index contributed by atoms with van der Waals surface area (Å²) in [6.45, 7) is 0.0475. The van der Waals surface area contributed by atoms with Gasteiger partial charge in [-0.25, -0.2) is 0 Å². The number of amides is 2. The van der Waals surface area contributed by atoms with E-state index in [1.54, 1.807) is 6.20 Å². The van der Waals surface area contributed by atoms with E-state index in [9.17, 15) is 9.59 Å². The Morgan fingerprint density at radius 2 is 2.00 bits per heavy atom. The summed E-state index contributed by atoms with van der Waals surface area (Å²) >= 11 is 0. The van der Waals surface area contributed by atoms with Crippen molar-refractivity contribution in [1.29, 1.82) is 0 Å². The lowest BCUT2D eigenvalue weighted by atomic mass is 10.2. The van der Waals surface area contributed by atoms with Gasteiger partial charge in [0.05, 0.1) is 13.2 Å². The van der Waals surface area contributed by atoms with Crippen molar-refractivity contribution in [3.63, 3.8) is 0 Å². The number of nitrogens with two attached hydrogens (primary N) is 1. The molecule has 0 spiro atoms. The average molecular weight is 345 g/mol. The minimum absolute atomic E-state index is 0.277. The third-order valence-corrected chi connectivity index (χ3v) is 3.76. The Hall–Kier alpha value is -2.67. The monoisotopic (exact) mass is 345 g/mol. The van der Waals surface area contributed by atoms with E-state index in [0.29, 0.717) is 13.0 Å². The molecule has 0 aliphatic carbocycles. The van der Waals surface area contributed by atoms with E-state index in [-0.39, 0.29) is 12.3 Å². The number of unbranched alkanes of at least 4 members (excludes halogenated alkanes) is 2. The van der Waals surface area contributed by atoms with E-state index < -0.39 is 18.6 Å². The summed E-state index contributed by atoms with van der Waals surface area (Å²) in [5, 5.41) is 12.4. The molecule has 4 N–H and O–H groups in total. The molecule has 2 rings (SSSR count). The lowest BCUT2D eigenvalue weighted by molar-refractivity contribution is -0.128. The van der Waals surface area contributed by atoms with Gasteiger partial charge in [0, 0.05) is 18.0 Å². The van der Waals surface area contributed by atoms with Crippen molar-refractivity contribution in [3.8, 4) is 5.75 Å². The molecule has 0 saturated carbocycles. The number of ether oxygens (including phenoxy) is 1. The molecule has 1 unspecified atom stereocenters. The lowest BCUT2D eigenvalue weighted by Gasteiger charge is -2.12. The number of aromatic nitrogens is 1. The first-order chi connectivity index (χ1) is 12.1. The summed E-state index contributed by atoms with van der Waals surface area (Å²) in [6.07, 6.45) is 4.29. The molecular formula is C18H23N3O4. The van der Waals surface area contributed by atoms with Gasteiger partial charge in [-0.1, -0.05) is 18.2 Å². The normalized spacial score (nSPS) is 11.9. The van der Waals surface area contributed by atoms with Crippen molar-refractivity contribution in [3.05, 3.63) is 36.5 Å². The van der Waals surface area contributed by atoms with E-state index in [0.717, 1.165) is 29.5 Å². The summed E-state index contributed by atoms with van der Waals surface area (Å²) in [4.78, 5) is 26.9. The number of benzene rings is 1. The maximum Gasteiger partial charge on any atom is 0.242 e. The van der Waals surface area contributed by atoms with Crippen molar-refractivity contribution < 1.29 is 19.4 Å². The summed E-state index contributed by atoms with van der Waals surface area (Å²) in [5.41, 5.74) is 5.89. The average Bonchev–Trinajstić information content (AvgIpc) is 2.62. The second-order valence-electron chi connectivity index (χ2n) is 5.70. The van der Waals surface area contributed by atoms with Crippen LogP contribution in [-0.4, -0.2) is 41.2 Å². The Bertz CT molecular complexity index is 715. The number of aliphatic hydroxyl groups excluding tert-OH is 1. The summed E-state index contributed by atoms with van der Waals surface area (Å²) in [6, 6.07) is 8.66. The highest BCUT2D eigenvalue weighted by atomic mass is 16.5. The zero-order valence-corrected chi connectivity index (χ0v) is 14.0. The molecule has 0 aliphatic rings. The smallest absolute Gasteiger partial charge is 0.242 e. The number of hydrogen-bond donors (Lipinski definition) is 3. The number of aliphatic hydroxyl groups is 1. The highest BCUT2D eigenvalue weighted by molar-refractivity contribution is 5.86. The third-order valence-electron chi connectivity index (χ3n) is 3.76. The number of para-hydroxylation sites is 1. The molecule has 2 amide bonds. The molecule has 25 heavy (non-hydrogen) atoms. The van der Waals surface area contributed by atoms with E-state index >= 15 is 0 Å². The Morgan fingerprint density at radius 1 is 1.20 bits per heavy atom. The summed E-state index contributed by atoms with van der Waals surface area (Å²) in [5.74, 6) is -0.284. The molecule has 1 aromatic carbocycles. The van der Waals surface area contributed by atoms with Crippen LogP contribution in [0.5, 0.6) is 5.75 Å². The zero-order valence-electron chi connectivity index (χ0n) is 14.0. The Balaban J connectivity index is 1.66. The van der Waals surface area contributed by atoms with Crippen LogP contribution < -0.4 is 15.8 Å². The van der Waals surface area contributed by atoms with Gasteiger partial charge in [0.1, 0.15) is 17.3 Å². The zero-order chi connectivity index (χ0) is 18.1. The van der Waals surface area contributed by atoms with Gasteiger partial charge >= 0.3 is 0 Å². The van der Waals surface area contributed by atoms with Crippen molar-refractivity contribution in [1.82, 2.24) is 10.3 Å². The molecule has 134 valence electrons. The predicted molar refractivity (Wildman–Crippen MR) is 93.9 cm³/mol. The standard InChI is InChI=1S/C18H23N3O4/c19-18(24)14(12-22)21-16(23)9-2-1-3-11-25-15-8-4-6-13-7-5-10-20-17(13)15/h4-8,10,14,22H,1-3,9,11-12H2,(H2,19,24)(H,21,23). The number of fused-ring (bicyclic) bond motifs is 1. The van der Waals surface area contributed by atoms with Gasteiger partial charge in [0.15, 0.2) is 0 Å². The number of carbonyl (C=O) groups excluding carboxylic acids is 2. The molecule has 7 nitrogen and oxygen atoms in total. The van der Waals surface area contributed by atoms with Crippen LogP contribution in [0.15, 0.2) is 36.5 Å². The van der Waals surface area contributed by atoms with Crippen LogP contribution in [0.4, 0.5) is 0 Å². The molecule has 0 bridgehead atoms. The molecule has 0 aliphatic heterocycles. The minimum atomic E-state index is -1.02. The Kier molecular flexibility index (Phi) is 7.16. The topological polar surface area (TPSA) is 115 Å². The van der Waals surface area contributed by atoms with Crippen LogP contribution in [0.1, 0.15) is 25.7 Å². The van der Waals surface area contributed by atoms with Gasteiger partial charge in [-0.2, -0.15) is 0 Å². The van der Waals surface area contributed by atoms with Crippen LogP contribution in [-0.2, 0) is 9.59 Å². The summed E-state index contributed by atoms with van der Waals surface area (Å²) in [7, 11) is 0. The van der Waals surface area contributed by atoms with Crippen LogP contribution in [0, 0.1) is 0 Å². The second kappa shape index (κ2) is 9.58. The maximum absolute atomic E-state index is 11.6. The van der Waals surface area contributed by atoms with Gasteiger partial charge in [-0.15, -0.1) is 0 Å². The molecule has 0 fully saturated rings. The van der Waals surface area contributed by atoms with Gasteiger partial charge in [-0.05, 0) is 31.4 Å². The molecule has 1 aromatic heterocycles. The number of rotatable bonds is 10. The van der Waals surface area contributed by atoms with Crippen molar-refractivity contribution in [2.24, 2.45) is 5.73 Å². The van der Waals surface area contributed by atoms with E-state index in [1.165, 1.54) is 0 Å². The third kappa shape index (κ3) is 5.72. The molecule has 0 radical (unpaired) electrons. The number of primary amides is 1. The number of pyridine rings is 1. The number of nitrogens with zero attached hydrogens (tertiary/aromatic N) is 1. The Labute approximate surface area is 146 Å². The maximum atomic E-state index is 11.6. The van der Waals surface area contributed by atoms with Crippen molar-refractivity contribution in [2.75, 3.05) is 13.2 Å². The van der Waals surface area contributed by atoms with Crippen LogP contribution in [0.3, 0.4) is 0 Å². The fourth-order valence-electron chi connectivity index (χ4n) is 2.41. The van der Waals surface area contributed by atoms with Gasteiger partial charge in [0.25, 0.3) is 0 Å². The summed E-state index contributed by atoms with van der Waals surface area (Å²) < 4.78 is 5.78. The molecular weight excluding hydrogens is 322 g/mol. The quantitative estimate of drug-likeness (QED) is 0.559. The van der Waals surface area contributed by atoms with Crippen LogP contribution >= 0.6 is 0 Å². The highest BCUT2D eigenvalue weighted by Gasteiger charge is 2.16. The fraction of sp³-hybridized carbons (Fsp3) is 0.389. The number of hydrogen-bond acceptors (Lipinski definition) is 5. The first kappa shape index (κ1) is 18.7. The van der Waals surface area contributed by atoms with Crippen molar-refractivity contribution >= 4 is 22.7 Å². The molecule has 1 atom stereocenters. The van der Waals surface area contributed by atoms with Gasteiger partial charge in [-0.3, -0.25) is 14.6 Å². The fourth-order valence-corrected chi connectivity index (χ4v) is 2.41. The Morgan fingerprint density at radius 3 is 2.76 bits per heavy atom. The van der Waals surface area contributed by atoms with Crippen molar-refractivity contribution in [2.45, 2.75) is 31.7 Å². The van der Waals surface area contributed by atoms with E-state index in [2.05, 4.69) is 10.3 Å². The number of nitrogens with one attached hydrogen (secondary N) is 1. The number of carbonyl (C=O) groups is 2. The first-order valence-corrected chi connectivity index (χ1v) is 8.28. The molecule has 7 heteroatoms. The van der Waals surface area contributed by atoms with E-state index in [1.807, 2.05) is 30.3 Å². The SMILES string of the molecule is NC(=O)C(CO)NC(=O)CCCCCOc1cccc2cccnc12. The second-order valence-corrected chi connectivity index (χ2v) is 5.70. The minimum Gasteiger partial charge on any atom is -0.491 e. The lowest BCUT2D eigenvalue weighted by Crippen LogP contribution is -2.46. The largest absolute Gasteiger partial charge is 0.491 e. The molecule has 0 saturated heterocycles. The van der Waals surface area contributed by atoms with Crippen LogP contribution in [0.25, 0.3) is 10.9 Å². The predicted octanol–water partition coefficient (Wildman–Crippen LogP) is 1.14. The molecule has 2 aromatic rings. The first-order valence-electron chi connectivity index (χ1n) is 8.28. The van der Waals surface area contributed by atoms with Crippen LogP contribution in [0.2, 0.25) is 0 Å². The van der Waals surface area contributed by atoms with Gasteiger partial charge < -0.3 is 20.9 Å².